The molecule has 0 amide bonds. The highest BCUT2D eigenvalue weighted by atomic mass is 16.4. The summed E-state index contributed by atoms with van der Waals surface area (Å²) in [5.74, 6) is 3.21. The van der Waals surface area contributed by atoms with E-state index in [4.69, 9.17) is 4.42 Å². The molecule has 0 spiro atoms. The third kappa shape index (κ3) is 3.96. The molecule has 5 nitrogen and oxygen atoms in total. The Hall–Kier alpha value is -2.30. The molecule has 1 aromatic carbocycles. The van der Waals surface area contributed by atoms with E-state index in [1.165, 1.54) is 18.4 Å². The van der Waals surface area contributed by atoms with Gasteiger partial charge in [0.1, 0.15) is 0 Å². The van der Waals surface area contributed by atoms with Gasteiger partial charge >= 0.3 is 0 Å². The van der Waals surface area contributed by atoms with Crippen LogP contribution in [-0.4, -0.2) is 36.0 Å². The number of nitrogens with one attached hydrogen (secondary N) is 1. The number of aryl methyl sites for hydroxylation is 1. The number of aromatic nitrogens is 1. The van der Waals surface area contributed by atoms with E-state index in [0.29, 0.717) is 12.4 Å². The molecule has 1 saturated heterocycles. The van der Waals surface area contributed by atoms with Crippen LogP contribution in [0.2, 0.25) is 0 Å². The highest BCUT2D eigenvalue weighted by molar-refractivity contribution is 5.79. The van der Waals surface area contributed by atoms with Crippen molar-refractivity contribution < 1.29 is 4.42 Å². The first kappa shape index (κ1) is 16.6. The lowest BCUT2D eigenvalue weighted by atomic mass is 10.00. The second-order valence-corrected chi connectivity index (χ2v) is 6.55. The molecule has 0 aliphatic carbocycles. The first-order valence-electron chi connectivity index (χ1n) is 8.63. The Morgan fingerprint density at radius 3 is 2.67 bits per heavy atom. The molecule has 5 heteroatoms. The second kappa shape index (κ2) is 7.51. The number of rotatable bonds is 3. The van der Waals surface area contributed by atoms with E-state index in [-0.39, 0.29) is 0 Å². The number of guanidine groups is 1. The number of aliphatic imine (C=N–C) groups is 1. The van der Waals surface area contributed by atoms with Crippen LogP contribution < -0.4 is 5.32 Å². The van der Waals surface area contributed by atoms with Crippen molar-refractivity contribution in [3.8, 4) is 11.3 Å². The lowest BCUT2D eigenvalue weighted by Gasteiger charge is -2.32. The van der Waals surface area contributed by atoms with E-state index >= 15 is 0 Å². The van der Waals surface area contributed by atoms with Crippen LogP contribution in [0.3, 0.4) is 0 Å². The topological polar surface area (TPSA) is 53.7 Å². The molecule has 0 radical (unpaired) electrons. The van der Waals surface area contributed by atoms with Crippen LogP contribution in [-0.2, 0) is 6.54 Å². The van der Waals surface area contributed by atoms with Gasteiger partial charge < -0.3 is 14.6 Å². The normalized spacial score (nSPS) is 16.5. The molecule has 0 atom stereocenters. The number of nitrogens with zero attached hydrogens (tertiary/aromatic N) is 3. The highest BCUT2D eigenvalue weighted by Gasteiger charge is 2.18. The van der Waals surface area contributed by atoms with E-state index in [1.54, 1.807) is 6.20 Å². The molecular formula is C19H26N4O. The van der Waals surface area contributed by atoms with Gasteiger partial charge in [0.2, 0.25) is 5.89 Å². The van der Waals surface area contributed by atoms with Gasteiger partial charge in [-0.3, -0.25) is 4.99 Å². The van der Waals surface area contributed by atoms with Gasteiger partial charge in [-0.2, -0.15) is 0 Å². The predicted molar refractivity (Wildman–Crippen MR) is 96.8 cm³/mol. The quantitative estimate of drug-likeness (QED) is 0.693. The van der Waals surface area contributed by atoms with Crippen LogP contribution in [0.5, 0.6) is 0 Å². The van der Waals surface area contributed by atoms with E-state index in [2.05, 4.69) is 58.3 Å². The predicted octanol–water partition coefficient (Wildman–Crippen LogP) is 3.46. The maximum absolute atomic E-state index is 5.86. The molecule has 1 fully saturated rings. The minimum Gasteiger partial charge on any atom is -0.439 e. The fourth-order valence-electron chi connectivity index (χ4n) is 2.95. The average molecular weight is 326 g/mol. The Labute approximate surface area is 143 Å². The van der Waals surface area contributed by atoms with Crippen molar-refractivity contribution in [3.05, 3.63) is 41.9 Å². The minimum absolute atomic E-state index is 0.546. The van der Waals surface area contributed by atoms with Crippen molar-refractivity contribution in [2.45, 2.75) is 33.2 Å². The molecule has 1 aromatic heterocycles. The molecular weight excluding hydrogens is 300 g/mol. The minimum atomic E-state index is 0.546. The van der Waals surface area contributed by atoms with E-state index < -0.39 is 0 Å². The standard InChI is InChI=1S/C19H26N4O/c1-14-4-6-16(7-5-14)17-12-21-18(24-17)13-22-19(20-3)23-10-8-15(2)9-11-23/h4-7,12,15H,8-11,13H2,1-3H3,(H,20,22). The van der Waals surface area contributed by atoms with Crippen LogP contribution in [0.4, 0.5) is 0 Å². The zero-order valence-electron chi connectivity index (χ0n) is 14.7. The number of benzene rings is 1. The first-order chi connectivity index (χ1) is 11.7. The highest BCUT2D eigenvalue weighted by Crippen LogP contribution is 2.21. The van der Waals surface area contributed by atoms with Crippen LogP contribution in [0, 0.1) is 12.8 Å². The number of likely N-dealkylation sites (tertiary alicyclic amines) is 1. The lowest BCUT2D eigenvalue weighted by Crippen LogP contribution is -2.45. The smallest absolute Gasteiger partial charge is 0.214 e. The van der Waals surface area contributed by atoms with Crippen LogP contribution >= 0.6 is 0 Å². The van der Waals surface area contributed by atoms with Crippen LogP contribution in [0.1, 0.15) is 31.2 Å². The third-order valence-electron chi connectivity index (χ3n) is 4.58. The van der Waals surface area contributed by atoms with Gasteiger partial charge in [0.05, 0.1) is 12.7 Å². The monoisotopic (exact) mass is 326 g/mol. The molecule has 0 bridgehead atoms. The zero-order valence-corrected chi connectivity index (χ0v) is 14.7. The van der Waals surface area contributed by atoms with Gasteiger partial charge in [-0.25, -0.2) is 4.98 Å². The van der Waals surface area contributed by atoms with Crippen molar-refractivity contribution in [3.63, 3.8) is 0 Å². The van der Waals surface area contributed by atoms with E-state index in [9.17, 15) is 0 Å². The molecule has 2 heterocycles. The number of piperidine rings is 1. The summed E-state index contributed by atoms with van der Waals surface area (Å²) in [6, 6.07) is 8.27. The molecule has 2 aromatic rings. The zero-order chi connectivity index (χ0) is 16.9. The molecule has 1 aliphatic rings. The van der Waals surface area contributed by atoms with Crippen molar-refractivity contribution in [1.82, 2.24) is 15.2 Å². The van der Waals surface area contributed by atoms with Gasteiger partial charge in [0, 0.05) is 25.7 Å². The molecule has 3 rings (SSSR count). The molecule has 0 saturated carbocycles. The summed E-state index contributed by atoms with van der Waals surface area (Å²) in [6.45, 7) is 7.05. The lowest BCUT2D eigenvalue weighted by molar-refractivity contribution is 0.272. The van der Waals surface area contributed by atoms with E-state index in [1.807, 2.05) is 7.05 Å². The van der Waals surface area contributed by atoms with Crippen molar-refractivity contribution in [2.24, 2.45) is 10.9 Å². The third-order valence-corrected chi connectivity index (χ3v) is 4.58. The second-order valence-electron chi connectivity index (χ2n) is 6.55. The summed E-state index contributed by atoms with van der Waals surface area (Å²) >= 11 is 0. The Morgan fingerprint density at radius 1 is 1.29 bits per heavy atom. The largest absolute Gasteiger partial charge is 0.439 e. The number of hydrogen-bond acceptors (Lipinski definition) is 3. The maximum Gasteiger partial charge on any atom is 0.214 e. The SMILES string of the molecule is CN=C(NCc1ncc(-c2ccc(C)cc2)o1)N1CCC(C)CC1. The van der Waals surface area contributed by atoms with Gasteiger partial charge in [-0.1, -0.05) is 36.8 Å². The fourth-order valence-corrected chi connectivity index (χ4v) is 2.95. The Balaban J connectivity index is 1.59. The summed E-state index contributed by atoms with van der Waals surface area (Å²) in [4.78, 5) is 11.1. The molecule has 128 valence electrons. The summed E-state index contributed by atoms with van der Waals surface area (Å²) in [5, 5.41) is 3.36. The number of hydrogen-bond donors (Lipinski definition) is 1. The fraction of sp³-hybridized carbons (Fsp3) is 0.474. The molecule has 24 heavy (non-hydrogen) atoms. The van der Waals surface area contributed by atoms with Gasteiger partial charge in [-0.05, 0) is 25.7 Å². The van der Waals surface area contributed by atoms with Gasteiger partial charge in [-0.15, -0.1) is 0 Å². The summed E-state index contributed by atoms with van der Waals surface area (Å²) in [7, 11) is 1.83. The first-order valence-corrected chi connectivity index (χ1v) is 8.63. The summed E-state index contributed by atoms with van der Waals surface area (Å²) in [5.41, 5.74) is 2.29. The Morgan fingerprint density at radius 2 is 2.00 bits per heavy atom. The Kier molecular flexibility index (Phi) is 5.18. The van der Waals surface area contributed by atoms with E-state index in [0.717, 1.165) is 36.3 Å². The molecule has 1 aliphatic heterocycles. The summed E-state index contributed by atoms with van der Waals surface area (Å²) < 4.78 is 5.86. The van der Waals surface area contributed by atoms with Crippen molar-refractivity contribution >= 4 is 5.96 Å². The average Bonchev–Trinajstić information content (AvgIpc) is 3.06. The molecule has 0 unspecified atom stereocenters. The van der Waals surface area contributed by atoms with Gasteiger partial charge in [0.15, 0.2) is 11.7 Å². The van der Waals surface area contributed by atoms with Crippen LogP contribution in [0.25, 0.3) is 11.3 Å². The van der Waals surface area contributed by atoms with Crippen molar-refractivity contribution in [1.29, 1.82) is 0 Å². The van der Waals surface area contributed by atoms with Gasteiger partial charge in [0.25, 0.3) is 0 Å². The number of oxazole rings is 1. The Bertz CT molecular complexity index is 682. The summed E-state index contributed by atoms with van der Waals surface area (Å²) in [6.07, 6.45) is 4.22. The molecule has 1 N–H and O–H groups in total. The maximum atomic E-state index is 5.86. The van der Waals surface area contributed by atoms with Crippen LogP contribution in [0.15, 0.2) is 39.9 Å². The van der Waals surface area contributed by atoms with Crippen molar-refractivity contribution in [2.75, 3.05) is 20.1 Å².